The van der Waals surface area contributed by atoms with Gasteiger partial charge in [-0.2, -0.15) is 0 Å². The smallest absolute Gasteiger partial charge is 0.0945 e. The SMILES string of the molecule is Cn1cncc1CNC(c1ccccc1)c1ccncc1. The van der Waals surface area contributed by atoms with Crippen molar-refractivity contribution in [3.05, 3.63) is 84.2 Å². The minimum absolute atomic E-state index is 0.143. The normalized spacial score (nSPS) is 12.2. The van der Waals surface area contributed by atoms with Gasteiger partial charge >= 0.3 is 0 Å². The van der Waals surface area contributed by atoms with E-state index in [0.717, 1.165) is 12.2 Å². The van der Waals surface area contributed by atoms with Gasteiger partial charge in [-0.15, -0.1) is 0 Å². The molecule has 2 aromatic heterocycles. The molecule has 0 fully saturated rings. The molecule has 3 rings (SSSR count). The van der Waals surface area contributed by atoms with Crippen LogP contribution in [0.2, 0.25) is 0 Å². The van der Waals surface area contributed by atoms with Crippen LogP contribution in [0.25, 0.3) is 0 Å². The van der Waals surface area contributed by atoms with Crippen LogP contribution in [-0.4, -0.2) is 14.5 Å². The van der Waals surface area contributed by atoms with Crippen LogP contribution in [-0.2, 0) is 13.6 Å². The van der Waals surface area contributed by atoms with Gasteiger partial charge in [0.05, 0.1) is 18.1 Å². The van der Waals surface area contributed by atoms with Crippen LogP contribution in [0.15, 0.2) is 67.4 Å². The summed E-state index contributed by atoms with van der Waals surface area (Å²) in [6, 6.07) is 14.7. The molecule has 1 aromatic carbocycles. The first-order valence-corrected chi connectivity index (χ1v) is 6.98. The summed E-state index contributed by atoms with van der Waals surface area (Å²) in [5.74, 6) is 0. The molecule has 0 saturated heterocycles. The Morgan fingerprint density at radius 3 is 2.38 bits per heavy atom. The molecule has 0 saturated carbocycles. The fourth-order valence-corrected chi connectivity index (χ4v) is 2.39. The molecule has 0 spiro atoms. The van der Waals surface area contributed by atoms with E-state index in [0.29, 0.717) is 0 Å². The molecule has 1 atom stereocenters. The minimum atomic E-state index is 0.143. The Hall–Kier alpha value is -2.46. The first-order valence-electron chi connectivity index (χ1n) is 6.98. The number of nitrogens with zero attached hydrogens (tertiary/aromatic N) is 3. The monoisotopic (exact) mass is 278 g/mol. The molecule has 0 radical (unpaired) electrons. The molecule has 1 N–H and O–H groups in total. The van der Waals surface area contributed by atoms with Crippen molar-refractivity contribution in [3.8, 4) is 0 Å². The number of nitrogens with one attached hydrogen (secondary N) is 1. The van der Waals surface area contributed by atoms with Crippen LogP contribution in [0.3, 0.4) is 0 Å². The second-order valence-electron chi connectivity index (χ2n) is 5.00. The molecule has 2 heterocycles. The Balaban J connectivity index is 1.85. The van der Waals surface area contributed by atoms with Crippen LogP contribution >= 0.6 is 0 Å². The van der Waals surface area contributed by atoms with Crippen molar-refractivity contribution in [1.29, 1.82) is 0 Å². The molecule has 0 aliphatic carbocycles. The van der Waals surface area contributed by atoms with E-state index in [1.54, 1.807) is 0 Å². The topological polar surface area (TPSA) is 42.7 Å². The third-order valence-corrected chi connectivity index (χ3v) is 3.58. The van der Waals surface area contributed by atoms with E-state index in [2.05, 4.69) is 39.6 Å². The van der Waals surface area contributed by atoms with Crippen LogP contribution in [0.5, 0.6) is 0 Å². The molecular weight excluding hydrogens is 260 g/mol. The quantitative estimate of drug-likeness (QED) is 0.780. The number of benzene rings is 1. The number of imidazole rings is 1. The third-order valence-electron chi connectivity index (χ3n) is 3.58. The van der Waals surface area contributed by atoms with Gasteiger partial charge in [-0.25, -0.2) is 4.98 Å². The zero-order valence-electron chi connectivity index (χ0n) is 12.0. The molecular formula is C17H18N4. The van der Waals surface area contributed by atoms with Crippen molar-refractivity contribution < 1.29 is 0 Å². The van der Waals surface area contributed by atoms with Gasteiger partial charge in [0.15, 0.2) is 0 Å². The van der Waals surface area contributed by atoms with Crippen molar-refractivity contribution in [1.82, 2.24) is 19.9 Å². The Morgan fingerprint density at radius 2 is 1.71 bits per heavy atom. The number of hydrogen-bond donors (Lipinski definition) is 1. The summed E-state index contributed by atoms with van der Waals surface area (Å²) in [4.78, 5) is 8.26. The maximum atomic E-state index is 4.16. The van der Waals surface area contributed by atoms with E-state index in [1.165, 1.54) is 11.1 Å². The highest BCUT2D eigenvalue weighted by atomic mass is 15.0. The second-order valence-corrected chi connectivity index (χ2v) is 5.00. The number of pyridine rings is 1. The minimum Gasteiger partial charge on any atom is -0.337 e. The molecule has 0 aliphatic heterocycles. The fourth-order valence-electron chi connectivity index (χ4n) is 2.39. The Labute approximate surface area is 124 Å². The van der Waals surface area contributed by atoms with Gasteiger partial charge in [0.25, 0.3) is 0 Å². The highest BCUT2D eigenvalue weighted by Gasteiger charge is 2.13. The predicted octanol–water partition coefficient (Wildman–Crippen LogP) is 2.69. The lowest BCUT2D eigenvalue weighted by atomic mass is 9.99. The van der Waals surface area contributed by atoms with Crippen molar-refractivity contribution in [2.24, 2.45) is 7.05 Å². The summed E-state index contributed by atoms with van der Waals surface area (Å²) in [6.45, 7) is 0.762. The van der Waals surface area contributed by atoms with E-state index >= 15 is 0 Å². The molecule has 3 aromatic rings. The summed E-state index contributed by atoms with van der Waals surface area (Å²) in [5.41, 5.74) is 3.61. The lowest BCUT2D eigenvalue weighted by molar-refractivity contribution is 0.584. The first-order chi connectivity index (χ1) is 10.3. The van der Waals surface area contributed by atoms with Crippen molar-refractivity contribution in [3.63, 3.8) is 0 Å². The predicted molar refractivity (Wildman–Crippen MR) is 82.6 cm³/mol. The largest absolute Gasteiger partial charge is 0.337 e. The number of hydrogen-bond acceptors (Lipinski definition) is 3. The molecule has 21 heavy (non-hydrogen) atoms. The lowest BCUT2D eigenvalue weighted by Crippen LogP contribution is -2.23. The van der Waals surface area contributed by atoms with E-state index < -0.39 is 0 Å². The van der Waals surface area contributed by atoms with Gasteiger partial charge in [0.2, 0.25) is 0 Å². The maximum absolute atomic E-state index is 4.16. The molecule has 0 amide bonds. The Bertz CT molecular complexity index is 637. The Morgan fingerprint density at radius 1 is 1.00 bits per heavy atom. The average Bonchev–Trinajstić information content (AvgIpc) is 2.95. The van der Waals surface area contributed by atoms with E-state index in [4.69, 9.17) is 0 Å². The summed E-state index contributed by atoms with van der Waals surface area (Å²) in [5, 5.41) is 3.61. The van der Waals surface area contributed by atoms with Gasteiger partial charge in [-0.05, 0) is 23.3 Å². The number of aromatic nitrogens is 3. The highest BCUT2D eigenvalue weighted by molar-refractivity contribution is 5.30. The fraction of sp³-hybridized carbons (Fsp3) is 0.176. The third kappa shape index (κ3) is 3.17. The van der Waals surface area contributed by atoms with Crippen LogP contribution < -0.4 is 5.32 Å². The molecule has 4 heteroatoms. The molecule has 1 unspecified atom stereocenters. The van der Waals surface area contributed by atoms with Crippen molar-refractivity contribution >= 4 is 0 Å². The zero-order valence-corrected chi connectivity index (χ0v) is 12.0. The van der Waals surface area contributed by atoms with Crippen LogP contribution in [0.4, 0.5) is 0 Å². The summed E-state index contributed by atoms with van der Waals surface area (Å²) in [6.07, 6.45) is 7.37. The highest BCUT2D eigenvalue weighted by Crippen LogP contribution is 2.21. The van der Waals surface area contributed by atoms with Gasteiger partial charge < -0.3 is 9.88 Å². The van der Waals surface area contributed by atoms with Crippen molar-refractivity contribution in [2.75, 3.05) is 0 Å². The molecule has 0 bridgehead atoms. The van der Waals surface area contributed by atoms with Gasteiger partial charge in [-0.3, -0.25) is 4.98 Å². The van der Waals surface area contributed by atoms with Gasteiger partial charge in [0.1, 0.15) is 0 Å². The maximum Gasteiger partial charge on any atom is 0.0945 e. The van der Waals surface area contributed by atoms with E-state index in [1.807, 2.05) is 54.7 Å². The van der Waals surface area contributed by atoms with E-state index in [-0.39, 0.29) is 6.04 Å². The first kappa shape index (κ1) is 13.5. The number of rotatable bonds is 5. The van der Waals surface area contributed by atoms with Crippen LogP contribution in [0.1, 0.15) is 22.9 Å². The van der Waals surface area contributed by atoms with Gasteiger partial charge in [0, 0.05) is 32.2 Å². The second kappa shape index (κ2) is 6.33. The summed E-state index contributed by atoms with van der Waals surface area (Å²) in [7, 11) is 2.01. The lowest BCUT2D eigenvalue weighted by Gasteiger charge is -2.19. The van der Waals surface area contributed by atoms with Crippen LogP contribution in [0, 0.1) is 0 Å². The average molecular weight is 278 g/mol. The van der Waals surface area contributed by atoms with Gasteiger partial charge in [-0.1, -0.05) is 30.3 Å². The number of aryl methyl sites for hydroxylation is 1. The zero-order chi connectivity index (χ0) is 14.5. The molecule has 0 aliphatic rings. The van der Waals surface area contributed by atoms with E-state index in [9.17, 15) is 0 Å². The van der Waals surface area contributed by atoms with Crippen molar-refractivity contribution in [2.45, 2.75) is 12.6 Å². The summed E-state index contributed by atoms with van der Waals surface area (Å²) >= 11 is 0. The summed E-state index contributed by atoms with van der Waals surface area (Å²) < 4.78 is 2.03. The standard InChI is InChI=1S/C17H18N4/c1-21-13-19-11-16(21)12-20-17(14-5-3-2-4-6-14)15-7-9-18-10-8-15/h2-11,13,17,20H,12H2,1H3. The Kier molecular flexibility index (Phi) is 4.07. The molecule has 4 nitrogen and oxygen atoms in total. The molecule has 106 valence electrons.